The number of sulfonamides is 1. The topological polar surface area (TPSA) is 146 Å². The first-order valence-electron chi connectivity index (χ1n) is 4.68. The molecular weight excluding hydrogens is 312 g/mol. The van der Waals surface area contributed by atoms with Crippen molar-refractivity contribution in [3.8, 4) is 0 Å². The van der Waals surface area contributed by atoms with E-state index >= 15 is 0 Å². The largest absolute Gasteiger partial charge is 0.399 e. The SMILES string of the molecule is Nc1cccc(S(=O)(=O)c2nnc(S(N)(=O)=O)s2)c1. The Balaban J connectivity index is 2.55. The summed E-state index contributed by atoms with van der Waals surface area (Å²) in [5, 5.41) is 11.4. The van der Waals surface area contributed by atoms with Gasteiger partial charge in [0.2, 0.25) is 18.5 Å². The molecule has 1 aromatic carbocycles. The molecule has 102 valence electrons. The second-order valence-electron chi connectivity index (χ2n) is 3.45. The summed E-state index contributed by atoms with van der Waals surface area (Å²) in [6, 6.07) is 5.55. The van der Waals surface area contributed by atoms with Gasteiger partial charge in [0.15, 0.2) is 0 Å². The van der Waals surface area contributed by atoms with Gasteiger partial charge in [-0.15, -0.1) is 10.2 Å². The first-order valence-corrected chi connectivity index (χ1v) is 8.53. The number of anilines is 1. The molecule has 2 aromatic rings. The molecule has 0 aliphatic rings. The lowest BCUT2D eigenvalue weighted by molar-refractivity contribution is 0.590. The zero-order chi connectivity index (χ0) is 14.3. The van der Waals surface area contributed by atoms with Gasteiger partial charge in [0, 0.05) is 5.69 Å². The highest BCUT2D eigenvalue weighted by atomic mass is 32.3. The Kier molecular flexibility index (Phi) is 3.30. The minimum Gasteiger partial charge on any atom is -0.399 e. The van der Waals surface area contributed by atoms with Crippen molar-refractivity contribution in [2.24, 2.45) is 5.14 Å². The van der Waals surface area contributed by atoms with E-state index in [9.17, 15) is 16.8 Å². The number of benzene rings is 1. The highest BCUT2D eigenvalue weighted by Crippen LogP contribution is 2.26. The molecular formula is C8H8N4O4S3. The normalized spacial score (nSPS) is 12.5. The van der Waals surface area contributed by atoms with Crippen molar-refractivity contribution < 1.29 is 16.8 Å². The summed E-state index contributed by atoms with van der Waals surface area (Å²) >= 11 is 0.383. The average molecular weight is 320 g/mol. The van der Waals surface area contributed by atoms with Gasteiger partial charge >= 0.3 is 0 Å². The van der Waals surface area contributed by atoms with E-state index in [1.165, 1.54) is 24.3 Å². The molecule has 19 heavy (non-hydrogen) atoms. The van der Waals surface area contributed by atoms with E-state index < -0.39 is 28.5 Å². The van der Waals surface area contributed by atoms with E-state index in [-0.39, 0.29) is 10.6 Å². The first-order chi connectivity index (χ1) is 8.71. The third-order valence-corrected chi connectivity index (χ3v) is 6.38. The molecule has 0 amide bonds. The van der Waals surface area contributed by atoms with Gasteiger partial charge in [-0.05, 0) is 18.2 Å². The Hall–Kier alpha value is -1.56. The summed E-state index contributed by atoms with van der Waals surface area (Å²) in [4.78, 5) is -0.0929. The summed E-state index contributed by atoms with van der Waals surface area (Å²) in [6.45, 7) is 0. The van der Waals surface area contributed by atoms with Crippen LogP contribution in [0.1, 0.15) is 0 Å². The zero-order valence-corrected chi connectivity index (χ0v) is 11.7. The van der Waals surface area contributed by atoms with Gasteiger partial charge in [0.25, 0.3) is 10.0 Å². The molecule has 0 saturated carbocycles. The van der Waals surface area contributed by atoms with Gasteiger partial charge in [-0.2, -0.15) is 0 Å². The second kappa shape index (κ2) is 4.52. The van der Waals surface area contributed by atoms with Crippen LogP contribution in [0.4, 0.5) is 5.69 Å². The first kappa shape index (κ1) is 13.9. The van der Waals surface area contributed by atoms with E-state index in [0.29, 0.717) is 11.3 Å². The van der Waals surface area contributed by atoms with Crippen LogP contribution in [-0.2, 0) is 19.9 Å². The maximum atomic E-state index is 12.1. The lowest BCUT2D eigenvalue weighted by Gasteiger charge is -2.00. The number of nitrogen functional groups attached to an aromatic ring is 1. The number of hydrogen-bond donors (Lipinski definition) is 2. The predicted molar refractivity (Wildman–Crippen MR) is 67.6 cm³/mol. The van der Waals surface area contributed by atoms with E-state index in [2.05, 4.69) is 10.2 Å². The predicted octanol–water partition coefficient (Wildman–Crippen LogP) is -0.399. The minimum absolute atomic E-state index is 0.0929. The maximum Gasteiger partial charge on any atom is 0.267 e. The summed E-state index contributed by atoms with van der Waals surface area (Å²) in [5.74, 6) is 0. The molecule has 1 heterocycles. The fourth-order valence-corrected chi connectivity index (χ4v) is 4.39. The fourth-order valence-electron chi connectivity index (χ4n) is 1.20. The van der Waals surface area contributed by atoms with Crippen molar-refractivity contribution in [2.45, 2.75) is 13.6 Å². The standard InChI is InChI=1S/C8H8N4O4S3/c9-5-2-1-3-6(4-5)18(13,14)7-11-12-8(17-7)19(10,15)16/h1-4H,9H2,(H2,10,15,16). The van der Waals surface area contributed by atoms with Gasteiger partial charge < -0.3 is 5.73 Å². The van der Waals surface area contributed by atoms with Crippen molar-refractivity contribution in [2.75, 3.05) is 5.73 Å². The fraction of sp³-hybridized carbons (Fsp3) is 0. The Morgan fingerprint density at radius 3 is 2.21 bits per heavy atom. The molecule has 0 saturated heterocycles. The van der Waals surface area contributed by atoms with Gasteiger partial charge in [-0.3, -0.25) is 0 Å². The van der Waals surface area contributed by atoms with Gasteiger partial charge in [0.1, 0.15) is 0 Å². The number of aromatic nitrogens is 2. The monoisotopic (exact) mass is 320 g/mol. The van der Waals surface area contributed by atoms with Crippen LogP contribution in [0.3, 0.4) is 0 Å². The molecule has 8 nitrogen and oxygen atoms in total. The van der Waals surface area contributed by atoms with E-state index in [0.717, 1.165) is 0 Å². The molecule has 0 bridgehead atoms. The van der Waals surface area contributed by atoms with E-state index in [4.69, 9.17) is 10.9 Å². The third-order valence-electron chi connectivity index (χ3n) is 2.03. The Bertz CT molecular complexity index is 825. The maximum absolute atomic E-state index is 12.1. The highest BCUT2D eigenvalue weighted by molar-refractivity contribution is 7.95. The van der Waals surface area contributed by atoms with Crippen LogP contribution in [0.5, 0.6) is 0 Å². The smallest absolute Gasteiger partial charge is 0.267 e. The Labute approximate surface area is 113 Å². The molecule has 0 fully saturated rings. The van der Waals surface area contributed by atoms with E-state index in [1.807, 2.05) is 0 Å². The molecule has 0 atom stereocenters. The van der Waals surface area contributed by atoms with Gasteiger partial charge in [-0.25, -0.2) is 22.0 Å². The van der Waals surface area contributed by atoms with Crippen LogP contribution < -0.4 is 10.9 Å². The molecule has 0 unspecified atom stereocenters. The number of sulfone groups is 1. The summed E-state index contributed by atoms with van der Waals surface area (Å²) in [5.41, 5.74) is 5.76. The van der Waals surface area contributed by atoms with Crippen molar-refractivity contribution in [3.63, 3.8) is 0 Å². The lowest BCUT2D eigenvalue weighted by Crippen LogP contribution is -2.11. The van der Waals surface area contributed by atoms with E-state index in [1.54, 1.807) is 0 Å². The molecule has 4 N–H and O–H groups in total. The molecule has 0 aliphatic carbocycles. The molecule has 0 aliphatic heterocycles. The van der Waals surface area contributed by atoms with Crippen molar-refractivity contribution in [1.82, 2.24) is 10.2 Å². The van der Waals surface area contributed by atoms with Crippen LogP contribution in [0.25, 0.3) is 0 Å². The molecule has 2 rings (SSSR count). The van der Waals surface area contributed by atoms with Crippen LogP contribution in [0.2, 0.25) is 0 Å². The average Bonchev–Trinajstić information content (AvgIpc) is 2.78. The van der Waals surface area contributed by atoms with Crippen molar-refractivity contribution in [1.29, 1.82) is 0 Å². The number of rotatable bonds is 3. The summed E-state index contributed by atoms with van der Waals surface area (Å²) < 4.78 is 45.3. The van der Waals surface area contributed by atoms with Crippen molar-refractivity contribution >= 4 is 36.9 Å². The molecule has 0 radical (unpaired) electrons. The Morgan fingerprint density at radius 1 is 1.05 bits per heavy atom. The van der Waals surface area contributed by atoms with Crippen LogP contribution in [0, 0.1) is 0 Å². The summed E-state index contributed by atoms with van der Waals surface area (Å²) in [6.07, 6.45) is 0. The number of nitrogens with two attached hydrogens (primary N) is 2. The highest BCUT2D eigenvalue weighted by Gasteiger charge is 2.26. The van der Waals surface area contributed by atoms with Crippen LogP contribution >= 0.6 is 11.3 Å². The number of primary sulfonamides is 1. The number of nitrogens with zero attached hydrogens (tertiary/aromatic N) is 2. The minimum atomic E-state index is -4.08. The molecule has 11 heteroatoms. The Morgan fingerprint density at radius 2 is 1.68 bits per heavy atom. The van der Waals surface area contributed by atoms with Gasteiger partial charge in [-0.1, -0.05) is 17.4 Å². The summed E-state index contributed by atoms with van der Waals surface area (Å²) in [7, 11) is -8.03. The van der Waals surface area contributed by atoms with Gasteiger partial charge in [0.05, 0.1) is 4.90 Å². The van der Waals surface area contributed by atoms with Crippen molar-refractivity contribution in [3.05, 3.63) is 24.3 Å². The number of hydrogen-bond acceptors (Lipinski definition) is 8. The van der Waals surface area contributed by atoms with Crippen LogP contribution in [-0.4, -0.2) is 27.0 Å². The zero-order valence-electron chi connectivity index (χ0n) is 9.22. The van der Waals surface area contributed by atoms with Crippen LogP contribution in [0.15, 0.2) is 37.8 Å². The third kappa shape index (κ3) is 2.73. The quantitative estimate of drug-likeness (QED) is 0.731. The second-order valence-corrected chi connectivity index (χ2v) is 8.29. The molecule has 0 spiro atoms. The lowest BCUT2D eigenvalue weighted by atomic mass is 10.3. The molecule has 1 aromatic heterocycles.